The molecule has 0 amide bonds. The molecule has 0 radical (unpaired) electrons. The molecule has 1 aromatic carbocycles. The van der Waals surface area contributed by atoms with Crippen LogP contribution in [0, 0.1) is 0 Å². The first-order chi connectivity index (χ1) is 6.59. The molecule has 4 heteroatoms. The van der Waals surface area contributed by atoms with Gasteiger partial charge in [0.15, 0.2) is 0 Å². The standard InChI is InChI=1S/C10H9NO2S/c1-11-8-3-2-7(14)4-6(8)5-9(12)10(11)13/h2-5,12,14H,1H3/p+1. The Morgan fingerprint density at radius 1 is 1.21 bits per heavy atom. The van der Waals surface area contributed by atoms with Gasteiger partial charge in [0.05, 0.1) is 5.39 Å². The number of benzene rings is 1. The second kappa shape index (κ2) is 3.06. The van der Waals surface area contributed by atoms with E-state index in [0.717, 1.165) is 15.8 Å². The highest BCUT2D eigenvalue weighted by Crippen LogP contribution is 2.25. The molecule has 0 spiro atoms. The van der Waals surface area contributed by atoms with Gasteiger partial charge in [-0.15, -0.1) is 12.6 Å². The minimum atomic E-state index is -0.135. The molecule has 14 heavy (non-hydrogen) atoms. The Morgan fingerprint density at radius 3 is 2.64 bits per heavy atom. The number of hydrogen-bond acceptors (Lipinski definition) is 3. The molecule has 2 aromatic rings. The van der Waals surface area contributed by atoms with E-state index in [1.165, 1.54) is 10.6 Å². The molecule has 0 saturated carbocycles. The Balaban J connectivity index is 2.91. The van der Waals surface area contributed by atoms with Gasteiger partial charge in [-0.1, -0.05) is 0 Å². The maximum absolute atomic E-state index is 9.47. The van der Waals surface area contributed by atoms with E-state index in [2.05, 4.69) is 12.6 Å². The van der Waals surface area contributed by atoms with Crippen LogP contribution in [0.3, 0.4) is 0 Å². The van der Waals surface area contributed by atoms with Crippen molar-refractivity contribution >= 4 is 23.5 Å². The highest BCUT2D eigenvalue weighted by Gasteiger charge is 2.15. The monoisotopic (exact) mass is 208 g/mol. The van der Waals surface area contributed by atoms with Gasteiger partial charge in [-0.25, -0.2) is 0 Å². The summed E-state index contributed by atoms with van der Waals surface area (Å²) in [5.41, 5.74) is 0.845. The molecule has 1 heterocycles. The van der Waals surface area contributed by atoms with E-state index in [1.54, 1.807) is 7.05 Å². The summed E-state index contributed by atoms with van der Waals surface area (Å²) in [6, 6.07) is 7.03. The molecule has 0 saturated heterocycles. The molecule has 0 aliphatic rings. The lowest BCUT2D eigenvalue weighted by Crippen LogP contribution is -2.28. The number of fused-ring (bicyclic) bond motifs is 1. The number of hydrogen-bond donors (Lipinski definition) is 3. The minimum Gasteiger partial charge on any atom is -0.500 e. The third-order valence-electron chi connectivity index (χ3n) is 2.21. The van der Waals surface area contributed by atoms with E-state index in [0.29, 0.717) is 0 Å². The topological polar surface area (TPSA) is 44.3 Å². The summed E-state index contributed by atoms with van der Waals surface area (Å²) in [6.45, 7) is 0. The summed E-state index contributed by atoms with van der Waals surface area (Å²) < 4.78 is 1.53. The summed E-state index contributed by atoms with van der Waals surface area (Å²) in [5.74, 6) is -0.261. The van der Waals surface area contributed by atoms with Gasteiger partial charge in [0.2, 0.25) is 11.3 Å². The molecule has 0 fully saturated rings. The summed E-state index contributed by atoms with van der Waals surface area (Å²) in [5, 5.41) is 19.7. The van der Waals surface area contributed by atoms with E-state index < -0.39 is 0 Å². The first-order valence-electron chi connectivity index (χ1n) is 4.13. The summed E-state index contributed by atoms with van der Waals surface area (Å²) >= 11 is 4.20. The van der Waals surface area contributed by atoms with E-state index in [9.17, 15) is 10.2 Å². The zero-order chi connectivity index (χ0) is 10.3. The zero-order valence-corrected chi connectivity index (χ0v) is 8.49. The van der Waals surface area contributed by atoms with Gasteiger partial charge >= 0.3 is 5.88 Å². The molecule has 0 aliphatic heterocycles. The number of nitrogens with zero attached hydrogens (tertiary/aromatic N) is 1. The average molecular weight is 208 g/mol. The lowest BCUT2D eigenvalue weighted by Gasteiger charge is -2.00. The largest absolute Gasteiger partial charge is 0.500 e. The van der Waals surface area contributed by atoms with Crippen LogP contribution in [-0.4, -0.2) is 10.2 Å². The summed E-state index contributed by atoms with van der Waals surface area (Å²) in [7, 11) is 1.69. The molecule has 0 bridgehead atoms. The highest BCUT2D eigenvalue weighted by atomic mass is 32.1. The van der Waals surface area contributed by atoms with Crippen molar-refractivity contribution in [3.63, 3.8) is 0 Å². The van der Waals surface area contributed by atoms with Gasteiger partial charge in [0, 0.05) is 17.0 Å². The molecule has 72 valence electrons. The van der Waals surface area contributed by atoms with Gasteiger partial charge in [-0.2, -0.15) is 4.57 Å². The fraction of sp³-hybridized carbons (Fsp3) is 0.100. The van der Waals surface area contributed by atoms with Crippen molar-refractivity contribution in [1.29, 1.82) is 0 Å². The maximum atomic E-state index is 9.47. The van der Waals surface area contributed by atoms with Crippen molar-refractivity contribution < 1.29 is 14.8 Å². The third kappa shape index (κ3) is 1.28. The molecular weight excluding hydrogens is 198 g/mol. The van der Waals surface area contributed by atoms with Gasteiger partial charge in [-0.05, 0) is 12.1 Å². The van der Waals surface area contributed by atoms with Gasteiger partial charge in [-0.3, -0.25) is 0 Å². The van der Waals surface area contributed by atoms with Crippen molar-refractivity contribution in [2.45, 2.75) is 4.90 Å². The van der Waals surface area contributed by atoms with E-state index >= 15 is 0 Å². The molecule has 2 rings (SSSR count). The van der Waals surface area contributed by atoms with Gasteiger partial charge < -0.3 is 10.2 Å². The van der Waals surface area contributed by atoms with Crippen LogP contribution >= 0.6 is 12.6 Å². The average Bonchev–Trinajstić information content (AvgIpc) is 2.14. The van der Waals surface area contributed by atoms with Crippen molar-refractivity contribution in [3.05, 3.63) is 24.3 Å². The van der Waals surface area contributed by atoms with E-state index in [4.69, 9.17) is 0 Å². The molecule has 1 aromatic heterocycles. The molecular formula is C10H10NO2S+. The van der Waals surface area contributed by atoms with Crippen molar-refractivity contribution in [2.75, 3.05) is 0 Å². The Morgan fingerprint density at radius 2 is 1.93 bits per heavy atom. The molecule has 0 unspecified atom stereocenters. The van der Waals surface area contributed by atoms with Gasteiger partial charge in [0.1, 0.15) is 7.05 Å². The number of aryl methyl sites for hydroxylation is 1. The van der Waals surface area contributed by atoms with Gasteiger partial charge in [0.25, 0.3) is 0 Å². The first-order valence-corrected chi connectivity index (χ1v) is 4.58. The Hall–Kier alpha value is -1.42. The van der Waals surface area contributed by atoms with Crippen LogP contribution in [0.15, 0.2) is 29.2 Å². The first kappa shape index (κ1) is 9.15. The SMILES string of the molecule is C[n+]1c(O)c(O)cc2cc(S)ccc21. The lowest BCUT2D eigenvalue weighted by molar-refractivity contribution is -0.652. The van der Waals surface area contributed by atoms with E-state index in [-0.39, 0.29) is 11.6 Å². The Labute approximate surface area is 86.7 Å². The number of aromatic hydroxyl groups is 2. The van der Waals surface area contributed by atoms with Crippen LogP contribution < -0.4 is 4.57 Å². The van der Waals surface area contributed by atoms with Crippen LogP contribution in [0.5, 0.6) is 11.6 Å². The van der Waals surface area contributed by atoms with Crippen LogP contribution in [0.4, 0.5) is 0 Å². The maximum Gasteiger partial charge on any atom is 0.409 e. The van der Waals surface area contributed by atoms with E-state index in [1.807, 2.05) is 18.2 Å². The second-order valence-electron chi connectivity index (χ2n) is 3.16. The number of aromatic nitrogens is 1. The van der Waals surface area contributed by atoms with Crippen LogP contribution in [0.25, 0.3) is 10.9 Å². The minimum absolute atomic E-state index is 0.126. The fourth-order valence-corrected chi connectivity index (χ4v) is 1.67. The summed E-state index contributed by atoms with van der Waals surface area (Å²) in [6.07, 6.45) is 0. The number of pyridine rings is 1. The quantitative estimate of drug-likeness (QED) is 0.452. The second-order valence-corrected chi connectivity index (χ2v) is 3.67. The normalized spacial score (nSPS) is 10.7. The van der Waals surface area contributed by atoms with Crippen molar-refractivity contribution in [2.24, 2.45) is 7.05 Å². The zero-order valence-electron chi connectivity index (χ0n) is 7.60. The van der Waals surface area contributed by atoms with Crippen LogP contribution in [-0.2, 0) is 7.05 Å². The van der Waals surface area contributed by atoms with Crippen LogP contribution in [0.2, 0.25) is 0 Å². The summed E-state index contributed by atoms with van der Waals surface area (Å²) in [4.78, 5) is 0.822. The molecule has 0 aliphatic carbocycles. The predicted molar refractivity (Wildman–Crippen MR) is 55.7 cm³/mol. The smallest absolute Gasteiger partial charge is 0.409 e. The van der Waals surface area contributed by atoms with Crippen LogP contribution in [0.1, 0.15) is 0 Å². The fourth-order valence-electron chi connectivity index (χ4n) is 1.46. The highest BCUT2D eigenvalue weighted by molar-refractivity contribution is 7.80. The number of rotatable bonds is 0. The van der Waals surface area contributed by atoms with Crippen molar-refractivity contribution in [3.8, 4) is 11.6 Å². The Kier molecular flexibility index (Phi) is 2.00. The Bertz CT molecular complexity index is 511. The predicted octanol–water partition coefficient (Wildman–Crippen LogP) is 1.36. The van der Waals surface area contributed by atoms with Crippen molar-refractivity contribution in [1.82, 2.24) is 0 Å². The molecule has 0 atom stereocenters. The third-order valence-corrected chi connectivity index (χ3v) is 2.49. The molecule has 3 nitrogen and oxygen atoms in total. The molecule has 2 N–H and O–H groups in total. The number of thiol groups is 1. The lowest BCUT2D eigenvalue weighted by atomic mass is 10.2.